The topological polar surface area (TPSA) is 54.9 Å². The lowest BCUT2D eigenvalue weighted by Crippen LogP contribution is -2.30. The number of halogens is 1. The van der Waals surface area contributed by atoms with Crippen LogP contribution >= 0.6 is 34.7 Å². The number of amides is 1. The van der Waals surface area contributed by atoms with Crippen molar-refractivity contribution in [1.29, 1.82) is 0 Å². The van der Waals surface area contributed by atoms with Crippen molar-refractivity contribution >= 4 is 40.6 Å². The van der Waals surface area contributed by atoms with Crippen molar-refractivity contribution in [2.24, 2.45) is 0 Å². The Hall–Kier alpha value is -1.11. The van der Waals surface area contributed by atoms with Crippen LogP contribution in [0.25, 0.3) is 0 Å². The first-order valence-electron chi connectivity index (χ1n) is 6.04. The number of carbonyl (C=O) groups excluding carboxylic acids is 1. The van der Waals surface area contributed by atoms with Crippen molar-refractivity contribution in [3.05, 3.63) is 39.9 Å². The van der Waals surface area contributed by atoms with Crippen LogP contribution in [0.15, 0.2) is 28.6 Å². The molecule has 0 aliphatic carbocycles. The Bertz CT molecular complexity index is 603. The first kappa shape index (κ1) is 15.3. The Morgan fingerprint density at radius 3 is 2.85 bits per heavy atom. The molecule has 0 bridgehead atoms. The van der Waals surface area contributed by atoms with E-state index in [1.54, 1.807) is 0 Å². The van der Waals surface area contributed by atoms with Crippen LogP contribution in [0, 0.1) is 6.92 Å². The number of carbonyl (C=O) groups is 1. The van der Waals surface area contributed by atoms with Gasteiger partial charge in [0.15, 0.2) is 4.34 Å². The van der Waals surface area contributed by atoms with Crippen LogP contribution in [-0.4, -0.2) is 21.4 Å². The summed E-state index contributed by atoms with van der Waals surface area (Å²) in [7, 11) is 0. The zero-order valence-corrected chi connectivity index (χ0v) is 13.5. The van der Waals surface area contributed by atoms with Crippen LogP contribution in [0.4, 0.5) is 0 Å². The quantitative estimate of drug-likeness (QED) is 0.856. The summed E-state index contributed by atoms with van der Waals surface area (Å²) in [4.78, 5) is 12.0. The average Bonchev–Trinajstić information content (AvgIpc) is 2.82. The van der Waals surface area contributed by atoms with Gasteiger partial charge in [-0.05, 0) is 25.5 Å². The van der Waals surface area contributed by atoms with Gasteiger partial charge < -0.3 is 5.32 Å². The minimum absolute atomic E-state index is 0.0391. The van der Waals surface area contributed by atoms with Gasteiger partial charge in [-0.3, -0.25) is 4.79 Å². The van der Waals surface area contributed by atoms with E-state index in [9.17, 15) is 4.79 Å². The molecular formula is C13H14ClN3OS2. The highest BCUT2D eigenvalue weighted by atomic mass is 35.5. The third-order valence-corrected chi connectivity index (χ3v) is 4.96. The second kappa shape index (κ2) is 7.06. The van der Waals surface area contributed by atoms with Crippen LogP contribution in [0.1, 0.15) is 17.5 Å². The van der Waals surface area contributed by atoms with Gasteiger partial charge in [0, 0.05) is 11.6 Å². The molecule has 0 saturated carbocycles. The maximum Gasteiger partial charge on any atom is 0.233 e. The Kier molecular flexibility index (Phi) is 5.39. The standard InChI is InChI=1S/C13H14ClN3OS2/c1-8(19-13-17-16-9(2)20-13)12(18)15-7-10-5-3-4-6-11(10)14/h3-6,8H,7H2,1-2H3,(H,15,18)/t8-/m1/s1. The van der Waals surface area contributed by atoms with Crippen molar-refractivity contribution in [3.8, 4) is 0 Å². The Balaban J connectivity index is 1.87. The lowest BCUT2D eigenvalue weighted by Gasteiger charge is -2.11. The van der Waals surface area contributed by atoms with E-state index in [-0.39, 0.29) is 11.2 Å². The monoisotopic (exact) mass is 327 g/mol. The van der Waals surface area contributed by atoms with Crippen LogP contribution in [0.2, 0.25) is 5.02 Å². The second-order valence-corrected chi connectivity index (χ2v) is 7.33. The molecule has 2 rings (SSSR count). The van der Waals surface area contributed by atoms with Crippen molar-refractivity contribution in [2.45, 2.75) is 30.0 Å². The number of hydrogen-bond donors (Lipinski definition) is 1. The lowest BCUT2D eigenvalue weighted by atomic mass is 10.2. The molecule has 1 amide bonds. The normalized spacial score (nSPS) is 12.2. The Morgan fingerprint density at radius 2 is 2.20 bits per heavy atom. The zero-order valence-electron chi connectivity index (χ0n) is 11.1. The second-order valence-electron chi connectivity index (χ2n) is 4.16. The Labute approximate surface area is 130 Å². The molecule has 0 unspecified atom stereocenters. The van der Waals surface area contributed by atoms with Crippen LogP contribution in [0.3, 0.4) is 0 Å². The van der Waals surface area contributed by atoms with Crippen LogP contribution in [0.5, 0.6) is 0 Å². The molecule has 2 aromatic rings. The molecule has 1 heterocycles. The number of aromatic nitrogens is 2. The zero-order chi connectivity index (χ0) is 14.5. The number of rotatable bonds is 5. The van der Waals surface area contributed by atoms with Gasteiger partial charge in [0.05, 0.1) is 5.25 Å². The minimum atomic E-state index is -0.218. The molecule has 106 valence electrons. The van der Waals surface area contributed by atoms with Crippen molar-refractivity contribution in [1.82, 2.24) is 15.5 Å². The third-order valence-electron chi connectivity index (χ3n) is 2.57. The number of nitrogens with zero attached hydrogens (tertiary/aromatic N) is 2. The van der Waals surface area contributed by atoms with Crippen LogP contribution < -0.4 is 5.32 Å². The summed E-state index contributed by atoms with van der Waals surface area (Å²) in [5, 5.41) is 12.2. The summed E-state index contributed by atoms with van der Waals surface area (Å²) in [6, 6.07) is 7.47. The third kappa shape index (κ3) is 4.19. The highest BCUT2D eigenvalue weighted by Crippen LogP contribution is 2.26. The number of benzene rings is 1. The minimum Gasteiger partial charge on any atom is -0.351 e. The van der Waals surface area contributed by atoms with Gasteiger partial charge in [0.1, 0.15) is 5.01 Å². The maximum atomic E-state index is 12.0. The molecule has 0 aliphatic rings. The molecule has 4 nitrogen and oxygen atoms in total. The summed E-state index contributed by atoms with van der Waals surface area (Å²) in [5.41, 5.74) is 0.909. The van der Waals surface area contributed by atoms with Crippen LogP contribution in [-0.2, 0) is 11.3 Å². The predicted molar refractivity (Wildman–Crippen MR) is 83.3 cm³/mol. The summed E-state index contributed by atoms with van der Waals surface area (Å²) in [6.45, 7) is 4.17. The first-order valence-corrected chi connectivity index (χ1v) is 8.11. The van der Waals surface area contributed by atoms with Gasteiger partial charge in [-0.25, -0.2) is 0 Å². The van der Waals surface area contributed by atoms with Gasteiger partial charge in [-0.15, -0.1) is 10.2 Å². The molecule has 1 aromatic heterocycles. The van der Waals surface area contributed by atoms with E-state index in [4.69, 9.17) is 11.6 Å². The molecule has 0 fully saturated rings. The summed E-state index contributed by atoms with van der Waals surface area (Å²) >= 11 is 8.95. The SMILES string of the molecule is Cc1nnc(S[C@H](C)C(=O)NCc2ccccc2Cl)s1. The fraction of sp³-hybridized carbons (Fsp3) is 0.308. The molecule has 1 atom stereocenters. The van der Waals surface area contributed by atoms with E-state index in [1.807, 2.05) is 38.1 Å². The summed E-state index contributed by atoms with van der Waals surface area (Å²) in [6.07, 6.45) is 0. The fourth-order valence-electron chi connectivity index (χ4n) is 1.50. The summed E-state index contributed by atoms with van der Waals surface area (Å²) < 4.78 is 0.808. The number of thioether (sulfide) groups is 1. The summed E-state index contributed by atoms with van der Waals surface area (Å²) in [5.74, 6) is -0.0391. The molecule has 1 N–H and O–H groups in total. The molecule has 20 heavy (non-hydrogen) atoms. The van der Waals surface area contributed by atoms with Crippen molar-refractivity contribution < 1.29 is 4.79 Å². The molecular weight excluding hydrogens is 314 g/mol. The molecule has 0 saturated heterocycles. The van der Waals surface area contributed by atoms with E-state index in [1.165, 1.54) is 23.1 Å². The van der Waals surface area contributed by atoms with E-state index in [0.717, 1.165) is 14.9 Å². The predicted octanol–water partition coefficient (Wildman–Crippen LogP) is 3.30. The molecule has 1 aromatic carbocycles. The van der Waals surface area contributed by atoms with Gasteiger partial charge in [-0.1, -0.05) is 52.9 Å². The highest BCUT2D eigenvalue weighted by Gasteiger charge is 2.16. The number of aryl methyl sites for hydroxylation is 1. The Morgan fingerprint density at radius 1 is 1.45 bits per heavy atom. The largest absolute Gasteiger partial charge is 0.351 e. The molecule has 0 aliphatic heterocycles. The average molecular weight is 328 g/mol. The van der Waals surface area contributed by atoms with E-state index in [2.05, 4.69) is 15.5 Å². The highest BCUT2D eigenvalue weighted by molar-refractivity contribution is 8.02. The van der Waals surface area contributed by atoms with Gasteiger partial charge in [0.25, 0.3) is 0 Å². The van der Waals surface area contributed by atoms with E-state index in [0.29, 0.717) is 11.6 Å². The van der Waals surface area contributed by atoms with Crippen molar-refractivity contribution in [2.75, 3.05) is 0 Å². The van der Waals surface area contributed by atoms with Gasteiger partial charge in [0.2, 0.25) is 5.91 Å². The van der Waals surface area contributed by atoms with E-state index >= 15 is 0 Å². The smallest absolute Gasteiger partial charge is 0.233 e. The maximum absolute atomic E-state index is 12.0. The number of hydrogen-bond acceptors (Lipinski definition) is 5. The van der Waals surface area contributed by atoms with Gasteiger partial charge in [-0.2, -0.15) is 0 Å². The fourth-order valence-corrected chi connectivity index (χ4v) is 3.69. The first-order chi connectivity index (χ1) is 9.56. The van der Waals surface area contributed by atoms with Crippen molar-refractivity contribution in [3.63, 3.8) is 0 Å². The molecule has 7 heteroatoms. The lowest BCUT2D eigenvalue weighted by molar-refractivity contribution is -0.120. The molecule has 0 radical (unpaired) electrons. The van der Waals surface area contributed by atoms with Gasteiger partial charge >= 0.3 is 0 Å². The number of nitrogens with one attached hydrogen (secondary N) is 1. The van der Waals surface area contributed by atoms with E-state index < -0.39 is 0 Å². The molecule has 0 spiro atoms.